The number of carbonyl (C=O) groups excluding carboxylic acids is 4. The molecule has 0 bridgehead atoms. The third kappa shape index (κ3) is 7.73. The molecule has 1 amide bonds. The summed E-state index contributed by atoms with van der Waals surface area (Å²) in [6, 6.07) is 12.5. The maximum absolute atomic E-state index is 13.5. The maximum atomic E-state index is 13.5. The zero-order chi connectivity index (χ0) is 24.5. The first kappa shape index (κ1) is 25.5. The van der Waals surface area contributed by atoms with Crippen LogP contribution in [-0.2, 0) is 25.6 Å². The first-order valence-electron chi connectivity index (χ1n) is 11.3. The molecule has 34 heavy (non-hydrogen) atoms. The van der Waals surface area contributed by atoms with Crippen LogP contribution < -0.4 is 5.32 Å². The molecule has 0 heterocycles. The minimum absolute atomic E-state index is 0.0891. The molecule has 1 fully saturated rings. The molecule has 2 aromatic rings. The third-order valence-corrected chi connectivity index (χ3v) is 6.17. The molecule has 2 aromatic carbocycles. The molecule has 3 atom stereocenters. The van der Waals surface area contributed by atoms with Gasteiger partial charge in [0.15, 0.2) is 5.78 Å². The molecule has 178 valence electrons. The van der Waals surface area contributed by atoms with Gasteiger partial charge in [-0.05, 0) is 61.1 Å². The number of halogens is 2. The van der Waals surface area contributed by atoms with Crippen LogP contribution in [0.5, 0.6) is 0 Å². The largest absolute Gasteiger partial charge is 0.346 e. The van der Waals surface area contributed by atoms with E-state index in [2.05, 4.69) is 5.32 Å². The number of carbonyl (C=O) groups is 4. The Balaban J connectivity index is 1.69. The summed E-state index contributed by atoms with van der Waals surface area (Å²) >= 11 is 5.85. The molecule has 1 saturated carbocycles. The van der Waals surface area contributed by atoms with E-state index in [1.54, 1.807) is 0 Å². The molecule has 5 nitrogen and oxygen atoms in total. The summed E-state index contributed by atoms with van der Waals surface area (Å²) in [6.45, 7) is 0. The van der Waals surface area contributed by atoms with Crippen molar-refractivity contribution in [3.63, 3.8) is 0 Å². The van der Waals surface area contributed by atoms with Crippen molar-refractivity contribution < 1.29 is 23.6 Å². The molecule has 0 unspecified atom stereocenters. The Morgan fingerprint density at radius 3 is 2.59 bits per heavy atom. The van der Waals surface area contributed by atoms with Crippen molar-refractivity contribution in [3.05, 3.63) is 76.6 Å². The lowest BCUT2D eigenvalue weighted by molar-refractivity contribution is -0.130. The Labute approximate surface area is 203 Å². The second kappa shape index (κ2) is 12.4. The van der Waals surface area contributed by atoms with Crippen molar-refractivity contribution in [2.45, 2.75) is 44.6 Å². The number of rotatable bonds is 11. The van der Waals surface area contributed by atoms with Gasteiger partial charge in [-0.3, -0.25) is 14.4 Å². The molecule has 1 aliphatic carbocycles. The topological polar surface area (TPSA) is 80.3 Å². The van der Waals surface area contributed by atoms with Gasteiger partial charge in [-0.15, -0.1) is 0 Å². The summed E-state index contributed by atoms with van der Waals surface area (Å²) in [6.07, 6.45) is 5.94. The number of hydrogen-bond acceptors (Lipinski definition) is 4. The lowest BCUT2D eigenvalue weighted by Crippen LogP contribution is -2.42. The number of amides is 1. The standard InChI is InChI=1S/C27H27ClFNO4/c28-22-12-19(13-23(29)16-22)9-10-25(32)15-21(11-18-5-2-1-3-6-18)27(34)30-24(17-31)14-20-7-4-8-26(20)33/h1-3,5-6,9-10,12-13,16-17,20-21,24H,4,7-8,11,14-15H2,(H,30,34)/b10-9+/t20-,21+,24-/m0/s1. The highest BCUT2D eigenvalue weighted by atomic mass is 35.5. The third-order valence-electron chi connectivity index (χ3n) is 5.95. The van der Waals surface area contributed by atoms with Crippen LogP contribution >= 0.6 is 11.6 Å². The maximum Gasteiger partial charge on any atom is 0.224 e. The highest BCUT2D eigenvalue weighted by Crippen LogP contribution is 2.25. The van der Waals surface area contributed by atoms with Crippen molar-refractivity contribution in [3.8, 4) is 0 Å². The van der Waals surface area contributed by atoms with Gasteiger partial charge in [0.1, 0.15) is 17.9 Å². The van der Waals surface area contributed by atoms with E-state index in [0.717, 1.165) is 18.4 Å². The molecule has 1 aliphatic rings. The van der Waals surface area contributed by atoms with Crippen LogP contribution in [0.15, 0.2) is 54.6 Å². The summed E-state index contributed by atoms with van der Waals surface area (Å²) in [7, 11) is 0. The summed E-state index contributed by atoms with van der Waals surface area (Å²) in [5.41, 5.74) is 1.31. The van der Waals surface area contributed by atoms with Crippen LogP contribution in [0.3, 0.4) is 0 Å². The molecule has 0 spiro atoms. The minimum atomic E-state index is -0.780. The van der Waals surface area contributed by atoms with Crippen molar-refractivity contribution >= 4 is 41.4 Å². The van der Waals surface area contributed by atoms with E-state index in [1.165, 1.54) is 30.4 Å². The van der Waals surface area contributed by atoms with Gasteiger partial charge in [-0.1, -0.05) is 48.0 Å². The van der Waals surface area contributed by atoms with Gasteiger partial charge in [0.25, 0.3) is 0 Å². The molecule has 7 heteroatoms. The number of benzene rings is 2. The van der Waals surface area contributed by atoms with Gasteiger partial charge in [-0.2, -0.15) is 0 Å². The van der Waals surface area contributed by atoms with Crippen LogP contribution in [0.4, 0.5) is 4.39 Å². The minimum Gasteiger partial charge on any atom is -0.346 e. The van der Waals surface area contributed by atoms with E-state index in [4.69, 9.17) is 11.6 Å². The Morgan fingerprint density at radius 2 is 1.94 bits per heavy atom. The number of allylic oxidation sites excluding steroid dienone is 1. The quantitative estimate of drug-likeness (QED) is 0.369. The normalized spacial score (nSPS) is 17.5. The number of hydrogen-bond donors (Lipinski definition) is 1. The molecular formula is C27H27ClFNO4. The number of ketones is 2. The molecule has 0 aromatic heterocycles. The predicted molar refractivity (Wildman–Crippen MR) is 129 cm³/mol. The summed E-state index contributed by atoms with van der Waals surface area (Å²) in [5, 5.41) is 2.94. The van der Waals surface area contributed by atoms with E-state index in [9.17, 15) is 23.6 Å². The molecule has 0 aliphatic heterocycles. The fraction of sp³-hybridized carbons (Fsp3) is 0.333. The van der Waals surface area contributed by atoms with Gasteiger partial charge in [0.2, 0.25) is 5.91 Å². The first-order valence-corrected chi connectivity index (χ1v) is 11.7. The van der Waals surface area contributed by atoms with Gasteiger partial charge >= 0.3 is 0 Å². The van der Waals surface area contributed by atoms with E-state index in [0.29, 0.717) is 24.7 Å². The number of aldehydes is 1. The zero-order valence-corrected chi connectivity index (χ0v) is 19.5. The Morgan fingerprint density at radius 1 is 1.18 bits per heavy atom. The van der Waals surface area contributed by atoms with E-state index in [-0.39, 0.29) is 35.3 Å². The first-order chi connectivity index (χ1) is 16.3. The second-order valence-corrected chi connectivity index (χ2v) is 9.07. The van der Waals surface area contributed by atoms with Crippen LogP contribution in [0.2, 0.25) is 5.02 Å². The van der Waals surface area contributed by atoms with Crippen molar-refractivity contribution in [1.29, 1.82) is 0 Å². The van der Waals surface area contributed by atoms with Crippen LogP contribution in [0, 0.1) is 17.7 Å². The highest BCUT2D eigenvalue weighted by Gasteiger charge is 2.29. The van der Waals surface area contributed by atoms with Gasteiger partial charge < -0.3 is 10.1 Å². The van der Waals surface area contributed by atoms with Crippen molar-refractivity contribution in [2.75, 3.05) is 0 Å². The van der Waals surface area contributed by atoms with E-state index in [1.807, 2.05) is 30.3 Å². The summed E-state index contributed by atoms with van der Waals surface area (Å²) in [5.74, 6) is -2.04. The zero-order valence-electron chi connectivity index (χ0n) is 18.7. The predicted octanol–water partition coefficient (Wildman–Crippen LogP) is 4.75. The Hall–Kier alpha value is -3.12. The monoisotopic (exact) mass is 483 g/mol. The highest BCUT2D eigenvalue weighted by molar-refractivity contribution is 6.30. The van der Waals surface area contributed by atoms with Gasteiger partial charge in [0.05, 0.1) is 6.04 Å². The fourth-order valence-electron chi connectivity index (χ4n) is 4.22. The van der Waals surface area contributed by atoms with E-state index < -0.39 is 23.7 Å². The van der Waals surface area contributed by atoms with Gasteiger partial charge in [0, 0.05) is 29.7 Å². The second-order valence-electron chi connectivity index (χ2n) is 8.64. The average molecular weight is 484 g/mol. The summed E-state index contributed by atoms with van der Waals surface area (Å²) in [4.78, 5) is 49.3. The number of Topliss-reactive ketones (excluding diaryl/α,β-unsaturated/α-hetero) is 1. The molecule has 0 saturated heterocycles. The van der Waals surface area contributed by atoms with Crippen LogP contribution in [0.1, 0.15) is 43.2 Å². The van der Waals surface area contributed by atoms with E-state index >= 15 is 0 Å². The van der Waals surface area contributed by atoms with Crippen LogP contribution in [-0.4, -0.2) is 29.8 Å². The van der Waals surface area contributed by atoms with Crippen molar-refractivity contribution in [1.82, 2.24) is 5.32 Å². The molecule has 3 rings (SSSR count). The molecule has 1 N–H and O–H groups in total. The summed E-state index contributed by atoms with van der Waals surface area (Å²) < 4.78 is 13.5. The fourth-order valence-corrected chi connectivity index (χ4v) is 4.45. The Kier molecular flexibility index (Phi) is 9.28. The molecule has 0 radical (unpaired) electrons. The smallest absolute Gasteiger partial charge is 0.224 e. The van der Waals surface area contributed by atoms with Crippen molar-refractivity contribution in [2.24, 2.45) is 11.8 Å². The lowest BCUT2D eigenvalue weighted by atomic mass is 9.92. The number of nitrogens with one attached hydrogen (secondary N) is 1. The molecular weight excluding hydrogens is 457 g/mol. The average Bonchev–Trinajstić information content (AvgIpc) is 3.21. The Bertz CT molecular complexity index is 1050. The van der Waals surface area contributed by atoms with Crippen LogP contribution in [0.25, 0.3) is 6.08 Å². The SMILES string of the molecule is O=C[C@H](C[C@@H]1CCCC1=O)NC(=O)[C@@H](CC(=O)/C=C/c1cc(F)cc(Cl)c1)Cc1ccccc1. The lowest BCUT2D eigenvalue weighted by Gasteiger charge is -2.21. The van der Waals surface area contributed by atoms with Gasteiger partial charge in [-0.25, -0.2) is 4.39 Å².